The zero-order valence-electron chi connectivity index (χ0n) is 12.3. The fourth-order valence-corrected chi connectivity index (χ4v) is 3.21. The first-order chi connectivity index (χ1) is 9.20. The number of aliphatic hydroxyl groups excluding tert-OH is 1. The first kappa shape index (κ1) is 14.5. The Labute approximate surface area is 116 Å². The summed E-state index contributed by atoms with van der Waals surface area (Å²) in [6.45, 7) is 2.26. The molecular formula is C15H27N3O. The average Bonchev–Trinajstić information content (AvgIpc) is 2.82. The Bertz CT molecular complexity index is 369. The summed E-state index contributed by atoms with van der Waals surface area (Å²) in [5.41, 5.74) is 0. The Balaban J connectivity index is 1.76. The molecule has 1 aromatic rings. The second kappa shape index (κ2) is 7.04. The van der Waals surface area contributed by atoms with Crippen LogP contribution in [-0.2, 0) is 13.5 Å². The molecule has 1 heterocycles. The second-order valence-electron chi connectivity index (χ2n) is 5.99. The van der Waals surface area contributed by atoms with Crippen LogP contribution >= 0.6 is 0 Å². The molecule has 0 spiro atoms. The van der Waals surface area contributed by atoms with Crippen LogP contribution in [-0.4, -0.2) is 26.0 Å². The lowest BCUT2D eigenvalue weighted by Gasteiger charge is -2.31. The van der Waals surface area contributed by atoms with E-state index in [4.69, 9.17) is 0 Å². The van der Waals surface area contributed by atoms with Gasteiger partial charge in [-0.25, -0.2) is 4.98 Å². The highest BCUT2D eigenvalue weighted by Gasteiger charge is 2.27. The highest BCUT2D eigenvalue weighted by Crippen LogP contribution is 2.34. The molecule has 1 aromatic heterocycles. The van der Waals surface area contributed by atoms with Crippen molar-refractivity contribution in [2.45, 2.75) is 64.4 Å². The van der Waals surface area contributed by atoms with E-state index >= 15 is 0 Å². The van der Waals surface area contributed by atoms with Crippen LogP contribution in [0.4, 0.5) is 0 Å². The topological polar surface area (TPSA) is 50.9 Å². The second-order valence-corrected chi connectivity index (χ2v) is 5.99. The first-order valence-corrected chi connectivity index (χ1v) is 7.71. The summed E-state index contributed by atoms with van der Waals surface area (Å²) in [5.74, 6) is 2.24. The van der Waals surface area contributed by atoms with Crippen LogP contribution in [0.5, 0.6) is 0 Å². The summed E-state index contributed by atoms with van der Waals surface area (Å²) >= 11 is 0. The van der Waals surface area contributed by atoms with Crippen molar-refractivity contribution in [1.82, 2.24) is 14.8 Å². The zero-order valence-corrected chi connectivity index (χ0v) is 12.3. The van der Waals surface area contributed by atoms with Crippen molar-refractivity contribution < 1.29 is 5.11 Å². The van der Waals surface area contributed by atoms with E-state index in [2.05, 4.69) is 17.0 Å². The van der Waals surface area contributed by atoms with Crippen LogP contribution in [0.25, 0.3) is 0 Å². The number of nitrogens with zero attached hydrogens (tertiary/aromatic N) is 3. The fraction of sp³-hybridized carbons (Fsp3) is 0.867. The van der Waals surface area contributed by atoms with E-state index in [1.165, 1.54) is 44.9 Å². The molecule has 0 bridgehead atoms. The summed E-state index contributed by atoms with van der Waals surface area (Å²) in [4.78, 5) is 4.20. The highest BCUT2D eigenvalue weighted by molar-refractivity contribution is 4.89. The molecular weight excluding hydrogens is 238 g/mol. The Hall–Kier alpha value is -0.900. The Morgan fingerprint density at radius 2 is 2.11 bits per heavy atom. The predicted molar refractivity (Wildman–Crippen MR) is 75.7 cm³/mol. The van der Waals surface area contributed by atoms with Crippen LogP contribution in [0.1, 0.15) is 57.7 Å². The molecule has 1 N–H and O–H groups in total. The molecule has 1 saturated carbocycles. The summed E-state index contributed by atoms with van der Waals surface area (Å²) in [5, 5.41) is 14.4. The molecule has 0 saturated heterocycles. The minimum atomic E-state index is -0.255. The molecule has 4 heteroatoms. The molecule has 1 fully saturated rings. The maximum absolute atomic E-state index is 10.4. The third-order valence-electron chi connectivity index (χ3n) is 4.60. The summed E-state index contributed by atoms with van der Waals surface area (Å²) < 4.78 is 1.76. The predicted octanol–water partition coefficient (Wildman–Crippen LogP) is 2.72. The van der Waals surface area contributed by atoms with E-state index in [1.807, 2.05) is 7.05 Å². The fourth-order valence-electron chi connectivity index (χ4n) is 3.21. The summed E-state index contributed by atoms with van der Waals surface area (Å²) in [6.07, 6.45) is 10.9. The van der Waals surface area contributed by atoms with Crippen molar-refractivity contribution in [3.63, 3.8) is 0 Å². The third-order valence-corrected chi connectivity index (χ3v) is 4.60. The SMILES string of the molecule is CCCCC1CCC(C(O)Cc2ncnn2C)CC1. The van der Waals surface area contributed by atoms with Gasteiger partial charge in [0.25, 0.3) is 0 Å². The lowest BCUT2D eigenvalue weighted by atomic mass is 9.77. The van der Waals surface area contributed by atoms with Crippen molar-refractivity contribution in [1.29, 1.82) is 0 Å². The van der Waals surface area contributed by atoms with Crippen LogP contribution in [0.15, 0.2) is 6.33 Å². The van der Waals surface area contributed by atoms with Gasteiger partial charge in [-0.05, 0) is 24.7 Å². The number of aryl methyl sites for hydroxylation is 1. The van der Waals surface area contributed by atoms with Gasteiger partial charge in [-0.3, -0.25) is 4.68 Å². The van der Waals surface area contributed by atoms with Gasteiger partial charge >= 0.3 is 0 Å². The summed E-state index contributed by atoms with van der Waals surface area (Å²) in [6, 6.07) is 0. The number of hydrogen-bond donors (Lipinski definition) is 1. The first-order valence-electron chi connectivity index (χ1n) is 7.71. The number of hydrogen-bond acceptors (Lipinski definition) is 3. The van der Waals surface area contributed by atoms with Crippen molar-refractivity contribution in [3.8, 4) is 0 Å². The van der Waals surface area contributed by atoms with Gasteiger partial charge in [0, 0.05) is 13.5 Å². The van der Waals surface area contributed by atoms with Crippen molar-refractivity contribution in [2.75, 3.05) is 0 Å². The van der Waals surface area contributed by atoms with Gasteiger partial charge in [0.15, 0.2) is 0 Å². The van der Waals surface area contributed by atoms with Gasteiger partial charge in [-0.1, -0.05) is 39.0 Å². The molecule has 4 nitrogen and oxygen atoms in total. The van der Waals surface area contributed by atoms with Crippen molar-refractivity contribution >= 4 is 0 Å². The lowest BCUT2D eigenvalue weighted by Crippen LogP contribution is -2.28. The largest absolute Gasteiger partial charge is 0.392 e. The molecule has 0 aliphatic heterocycles. The maximum Gasteiger partial charge on any atom is 0.138 e. The van der Waals surface area contributed by atoms with Gasteiger partial charge in [0.2, 0.25) is 0 Å². The number of aliphatic hydroxyl groups is 1. The van der Waals surface area contributed by atoms with E-state index < -0.39 is 0 Å². The van der Waals surface area contributed by atoms with Gasteiger partial charge in [0.1, 0.15) is 12.2 Å². The van der Waals surface area contributed by atoms with Crippen LogP contribution in [0, 0.1) is 11.8 Å². The van der Waals surface area contributed by atoms with E-state index in [0.717, 1.165) is 11.7 Å². The van der Waals surface area contributed by atoms with E-state index in [0.29, 0.717) is 12.3 Å². The van der Waals surface area contributed by atoms with Gasteiger partial charge in [0.05, 0.1) is 6.10 Å². The van der Waals surface area contributed by atoms with E-state index in [1.54, 1.807) is 11.0 Å². The Morgan fingerprint density at radius 3 is 2.68 bits per heavy atom. The van der Waals surface area contributed by atoms with Gasteiger partial charge in [-0.15, -0.1) is 0 Å². The zero-order chi connectivity index (χ0) is 13.7. The third kappa shape index (κ3) is 4.03. The molecule has 0 amide bonds. The van der Waals surface area contributed by atoms with Crippen LogP contribution in [0.3, 0.4) is 0 Å². The van der Waals surface area contributed by atoms with Gasteiger partial charge < -0.3 is 5.11 Å². The molecule has 0 aromatic carbocycles. The molecule has 1 aliphatic rings. The minimum Gasteiger partial charge on any atom is -0.392 e. The summed E-state index contributed by atoms with van der Waals surface area (Å²) in [7, 11) is 1.89. The molecule has 0 radical (unpaired) electrons. The molecule has 1 atom stereocenters. The van der Waals surface area contributed by atoms with Crippen molar-refractivity contribution in [3.05, 3.63) is 12.2 Å². The van der Waals surface area contributed by atoms with E-state index in [9.17, 15) is 5.11 Å². The smallest absolute Gasteiger partial charge is 0.138 e. The van der Waals surface area contributed by atoms with Crippen LogP contribution in [0.2, 0.25) is 0 Å². The lowest BCUT2D eigenvalue weighted by molar-refractivity contribution is 0.0704. The Kier molecular flexibility index (Phi) is 5.37. The molecule has 19 heavy (non-hydrogen) atoms. The maximum atomic E-state index is 10.4. The van der Waals surface area contributed by atoms with Crippen molar-refractivity contribution in [2.24, 2.45) is 18.9 Å². The molecule has 108 valence electrons. The standard InChI is InChI=1S/C15H27N3O/c1-3-4-5-12-6-8-13(9-7-12)14(19)10-15-16-11-17-18(15)2/h11-14,19H,3-10H2,1-2H3. The molecule has 2 rings (SSSR count). The highest BCUT2D eigenvalue weighted by atomic mass is 16.3. The van der Waals surface area contributed by atoms with E-state index in [-0.39, 0.29) is 6.10 Å². The molecule has 1 unspecified atom stereocenters. The average molecular weight is 265 g/mol. The monoisotopic (exact) mass is 265 g/mol. The Morgan fingerprint density at radius 1 is 1.37 bits per heavy atom. The number of unbranched alkanes of at least 4 members (excludes halogenated alkanes) is 1. The van der Waals surface area contributed by atoms with Crippen LogP contribution < -0.4 is 0 Å². The number of aromatic nitrogens is 3. The minimum absolute atomic E-state index is 0.255. The molecule has 1 aliphatic carbocycles. The normalized spacial score (nSPS) is 25.4. The quantitative estimate of drug-likeness (QED) is 0.860. The number of rotatable bonds is 6. The van der Waals surface area contributed by atoms with Gasteiger partial charge in [-0.2, -0.15) is 5.10 Å².